The fourth-order valence-corrected chi connectivity index (χ4v) is 4.57. The fourth-order valence-electron chi connectivity index (χ4n) is 4.57. The molecule has 1 aliphatic carbocycles. The monoisotopic (exact) mass is 463 g/mol. The lowest BCUT2D eigenvalue weighted by molar-refractivity contribution is -0.136. The maximum absolute atomic E-state index is 11.9. The number of furan rings is 1. The van der Waals surface area contributed by atoms with Crippen LogP contribution < -0.4 is 0 Å². The molecule has 0 unspecified atom stereocenters. The van der Waals surface area contributed by atoms with E-state index in [1.165, 1.54) is 12.8 Å². The Morgan fingerprint density at radius 3 is 2.37 bits per heavy atom. The van der Waals surface area contributed by atoms with E-state index in [-0.39, 0.29) is 6.42 Å². The molecule has 3 aromatic heterocycles. The van der Waals surface area contributed by atoms with E-state index < -0.39 is 5.97 Å². The molecule has 0 aliphatic heterocycles. The quantitative estimate of drug-likeness (QED) is 0.320. The van der Waals surface area contributed by atoms with Gasteiger partial charge in [0.1, 0.15) is 11.5 Å². The van der Waals surface area contributed by atoms with Crippen LogP contribution in [0, 0.1) is 0 Å². The molecule has 0 saturated heterocycles. The molecule has 1 fully saturated rings. The lowest BCUT2D eigenvalue weighted by Gasteiger charge is -2.09. The highest BCUT2D eigenvalue weighted by Gasteiger charge is 2.27. The zero-order chi connectivity index (χ0) is 23.8. The average Bonchev–Trinajstić information content (AvgIpc) is 3.53. The van der Waals surface area contributed by atoms with E-state index in [0.29, 0.717) is 35.8 Å². The van der Waals surface area contributed by atoms with Gasteiger partial charge in [0, 0.05) is 24.1 Å². The molecule has 5 aromatic rings. The van der Waals surface area contributed by atoms with Gasteiger partial charge in [0.25, 0.3) is 0 Å². The number of benzene rings is 2. The molecule has 0 spiro atoms. The molecule has 0 radical (unpaired) electrons. The minimum Gasteiger partial charge on any atom is -0.481 e. The Morgan fingerprint density at radius 2 is 1.66 bits per heavy atom. The molecular weight excluding hydrogens is 438 g/mol. The van der Waals surface area contributed by atoms with Crippen molar-refractivity contribution in [2.24, 2.45) is 0 Å². The van der Waals surface area contributed by atoms with Gasteiger partial charge < -0.3 is 9.52 Å². The van der Waals surface area contributed by atoms with Crippen LogP contribution in [-0.4, -0.2) is 25.4 Å². The number of nitrogens with zero attached hydrogens (tertiary/aromatic N) is 3. The Bertz CT molecular complexity index is 1500. The van der Waals surface area contributed by atoms with Crippen molar-refractivity contribution in [3.05, 3.63) is 113 Å². The molecule has 35 heavy (non-hydrogen) atoms. The summed E-state index contributed by atoms with van der Waals surface area (Å²) in [5.74, 6) is 1.46. The van der Waals surface area contributed by atoms with E-state index in [0.717, 1.165) is 34.0 Å². The van der Waals surface area contributed by atoms with Crippen LogP contribution in [0.15, 0.2) is 83.4 Å². The summed E-state index contributed by atoms with van der Waals surface area (Å²) >= 11 is 0. The summed E-state index contributed by atoms with van der Waals surface area (Å²) < 4.78 is 7.99. The van der Waals surface area contributed by atoms with Gasteiger partial charge in [-0.05, 0) is 30.5 Å². The second kappa shape index (κ2) is 8.87. The van der Waals surface area contributed by atoms with Crippen molar-refractivity contribution in [1.29, 1.82) is 0 Å². The van der Waals surface area contributed by atoms with Crippen LogP contribution in [0.25, 0.3) is 16.9 Å². The highest BCUT2D eigenvalue weighted by molar-refractivity contribution is 5.71. The number of hydrogen-bond acceptors (Lipinski definition) is 4. The summed E-state index contributed by atoms with van der Waals surface area (Å²) in [6, 6.07) is 24.1. The Balaban J connectivity index is 1.50. The fraction of sp³-hybridized carbons (Fsp3) is 0.207. The largest absolute Gasteiger partial charge is 0.481 e. The van der Waals surface area contributed by atoms with E-state index in [4.69, 9.17) is 14.4 Å². The number of aromatic nitrogens is 3. The molecule has 0 amide bonds. The molecule has 3 heterocycles. The van der Waals surface area contributed by atoms with Crippen LogP contribution in [0.3, 0.4) is 0 Å². The lowest BCUT2D eigenvalue weighted by atomic mass is 10.1. The van der Waals surface area contributed by atoms with Gasteiger partial charge in [0.2, 0.25) is 0 Å². The van der Waals surface area contributed by atoms with Crippen molar-refractivity contribution in [2.75, 3.05) is 0 Å². The van der Waals surface area contributed by atoms with Gasteiger partial charge in [-0.25, -0.2) is 9.97 Å². The van der Waals surface area contributed by atoms with E-state index in [1.54, 1.807) is 0 Å². The van der Waals surface area contributed by atoms with Crippen LogP contribution >= 0.6 is 0 Å². The van der Waals surface area contributed by atoms with Crippen molar-refractivity contribution in [2.45, 2.75) is 38.0 Å². The van der Waals surface area contributed by atoms with Gasteiger partial charge in [-0.3, -0.25) is 9.20 Å². The number of hydrogen-bond donors (Lipinski definition) is 1. The zero-order valence-electron chi connectivity index (χ0n) is 19.2. The van der Waals surface area contributed by atoms with Crippen molar-refractivity contribution in [3.63, 3.8) is 0 Å². The Morgan fingerprint density at radius 1 is 0.914 bits per heavy atom. The minimum atomic E-state index is -0.895. The summed E-state index contributed by atoms with van der Waals surface area (Å²) in [5, 5.41) is 9.73. The predicted molar refractivity (Wildman–Crippen MR) is 132 cm³/mol. The molecule has 0 atom stereocenters. The van der Waals surface area contributed by atoms with Gasteiger partial charge in [-0.1, -0.05) is 60.7 Å². The molecule has 1 saturated carbocycles. The Hall–Kier alpha value is -4.19. The molecule has 0 bridgehead atoms. The normalized spacial score (nSPS) is 13.4. The average molecular weight is 464 g/mol. The standard InChI is InChI=1S/C29H25N3O3/c33-28(34)17-26-23(16-22-13-14-27(35-22)21-11-12-21)31-29-24(15-19-7-3-1-4-8-19)30-25(18-32(26)29)20-9-5-2-6-10-20/h1-10,13-14,18,21H,11-12,15-17H2,(H,33,34). The Labute approximate surface area is 202 Å². The summed E-state index contributed by atoms with van der Waals surface area (Å²) in [4.78, 5) is 21.8. The van der Waals surface area contributed by atoms with Crippen LogP contribution in [0.2, 0.25) is 0 Å². The topological polar surface area (TPSA) is 80.6 Å². The summed E-state index contributed by atoms with van der Waals surface area (Å²) in [6.45, 7) is 0. The maximum Gasteiger partial charge on any atom is 0.309 e. The lowest BCUT2D eigenvalue weighted by Crippen LogP contribution is -2.08. The number of carboxylic acid groups (broad SMARTS) is 1. The van der Waals surface area contributed by atoms with E-state index in [2.05, 4.69) is 12.1 Å². The molecule has 1 N–H and O–H groups in total. The van der Waals surface area contributed by atoms with Crippen molar-refractivity contribution >= 4 is 11.6 Å². The third-order valence-corrected chi connectivity index (χ3v) is 6.46. The van der Waals surface area contributed by atoms with Crippen molar-refractivity contribution < 1.29 is 14.3 Å². The number of aliphatic carboxylic acids is 1. The van der Waals surface area contributed by atoms with Gasteiger partial charge in [0.05, 0.1) is 35.6 Å². The molecule has 6 rings (SSSR count). The number of carboxylic acids is 1. The van der Waals surface area contributed by atoms with Gasteiger partial charge in [-0.15, -0.1) is 0 Å². The van der Waals surface area contributed by atoms with E-state index in [1.807, 2.05) is 71.3 Å². The smallest absolute Gasteiger partial charge is 0.309 e. The molecule has 174 valence electrons. The van der Waals surface area contributed by atoms with Gasteiger partial charge in [-0.2, -0.15) is 0 Å². The highest BCUT2D eigenvalue weighted by atomic mass is 16.4. The van der Waals surface area contributed by atoms with E-state index in [9.17, 15) is 9.90 Å². The maximum atomic E-state index is 11.9. The molecular formula is C29H25N3O3. The highest BCUT2D eigenvalue weighted by Crippen LogP contribution is 2.41. The van der Waals surface area contributed by atoms with Crippen molar-refractivity contribution in [3.8, 4) is 11.3 Å². The molecule has 6 heteroatoms. The summed E-state index contributed by atoms with van der Waals surface area (Å²) in [5.41, 5.74) is 5.75. The van der Waals surface area contributed by atoms with Crippen molar-refractivity contribution in [1.82, 2.24) is 14.4 Å². The molecule has 6 nitrogen and oxygen atoms in total. The van der Waals surface area contributed by atoms with Crippen LogP contribution in [0.5, 0.6) is 0 Å². The predicted octanol–water partition coefficient (Wildman–Crippen LogP) is 5.68. The third kappa shape index (κ3) is 4.47. The van der Waals surface area contributed by atoms with Gasteiger partial charge in [0.15, 0.2) is 5.65 Å². The van der Waals surface area contributed by atoms with E-state index >= 15 is 0 Å². The number of rotatable bonds is 8. The second-order valence-corrected chi connectivity index (χ2v) is 9.13. The third-order valence-electron chi connectivity index (χ3n) is 6.46. The summed E-state index contributed by atoms with van der Waals surface area (Å²) in [7, 11) is 0. The first-order chi connectivity index (χ1) is 17.1. The van der Waals surface area contributed by atoms with Gasteiger partial charge >= 0.3 is 5.97 Å². The first-order valence-electron chi connectivity index (χ1n) is 11.9. The van der Waals surface area contributed by atoms with Crippen LogP contribution in [-0.2, 0) is 24.1 Å². The zero-order valence-corrected chi connectivity index (χ0v) is 19.2. The number of fused-ring (bicyclic) bond motifs is 1. The first kappa shape index (κ1) is 21.4. The number of carbonyl (C=O) groups is 1. The first-order valence-corrected chi connectivity index (χ1v) is 11.9. The number of imidazole rings is 1. The minimum absolute atomic E-state index is 0.129. The molecule has 2 aromatic carbocycles. The Kier molecular flexibility index (Phi) is 5.41. The van der Waals surface area contributed by atoms with Crippen LogP contribution in [0.4, 0.5) is 0 Å². The second-order valence-electron chi connectivity index (χ2n) is 9.13. The summed E-state index contributed by atoms with van der Waals surface area (Å²) in [6.07, 6.45) is 5.16. The molecule has 1 aliphatic rings. The van der Waals surface area contributed by atoms with Crippen LogP contribution in [0.1, 0.15) is 52.9 Å². The SMILES string of the molecule is O=C(O)Cc1c(Cc2ccc(C3CC3)o2)nc2c(Cc3ccccc3)nc(-c3ccccc3)cn12.